The van der Waals surface area contributed by atoms with Gasteiger partial charge in [-0.3, -0.25) is 4.98 Å². The monoisotopic (exact) mass is 382 g/mol. The van der Waals surface area contributed by atoms with Crippen molar-refractivity contribution >= 4 is 23.3 Å². The van der Waals surface area contributed by atoms with Crippen LogP contribution in [0.1, 0.15) is 42.1 Å². The van der Waals surface area contributed by atoms with Gasteiger partial charge in [-0.25, -0.2) is 4.79 Å². The van der Waals surface area contributed by atoms with E-state index in [1.807, 2.05) is 25.3 Å². The molecule has 2 aliphatic rings. The first-order valence-corrected chi connectivity index (χ1v) is 9.92. The molecular weight excluding hydrogens is 360 g/mol. The Labute approximate surface area is 164 Å². The lowest BCUT2D eigenvalue weighted by Crippen LogP contribution is -2.37. The van der Waals surface area contributed by atoms with Crippen LogP contribution in [0.5, 0.6) is 0 Å². The highest BCUT2D eigenvalue weighted by Gasteiger charge is 2.26. The number of amides is 1. The first-order valence-electron chi connectivity index (χ1n) is 9.54. The molecule has 0 radical (unpaired) electrons. The van der Waals surface area contributed by atoms with E-state index in [0.717, 1.165) is 36.4 Å². The molecule has 1 aliphatic heterocycles. The third kappa shape index (κ3) is 3.59. The number of piperidine rings is 1. The molecule has 27 heavy (non-hydrogen) atoms. The molecule has 1 amide bonds. The number of hydrogen-bond acceptors (Lipinski definition) is 3. The fourth-order valence-electron chi connectivity index (χ4n) is 4.04. The van der Waals surface area contributed by atoms with Crippen molar-refractivity contribution in [2.75, 3.05) is 19.7 Å². The van der Waals surface area contributed by atoms with E-state index in [2.05, 4.69) is 18.2 Å². The van der Waals surface area contributed by atoms with E-state index in [1.54, 1.807) is 4.90 Å². The van der Waals surface area contributed by atoms with Gasteiger partial charge in [-0.2, -0.15) is 0 Å². The number of carbonyl (C=O) groups is 1. The van der Waals surface area contributed by atoms with E-state index in [9.17, 15) is 4.79 Å². The number of nitrogens with zero attached hydrogens (tertiary/aromatic N) is 2. The van der Waals surface area contributed by atoms with Crippen molar-refractivity contribution in [2.45, 2.75) is 32.6 Å². The van der Waals surface area contributed by atoms with Gasteiger partial charge in [0.2, 0.25) is 0 Å². The van der Waals surface area contributed by atoms with Gasteiger partial charge in [-0.05, 0) is 67.5 Å². The van der Waals surface area contributed by atoms with Crippen LogP contribution in [0.4, 0.5) is 4.79 Å². The Morgan fingerprint density at radius 2 is 1.93 bits per heavy atom. The number of aryl methyl sites for hydroxylation is 2. The van der Waals surface area contributed by atoms with Crippen molar-refractivity contribution in [2.24, 2.45) is 0 Å². The number of ether oxygens (including phenoxy) is 1. The molecule has 0 unspecified atom stereocenters. The van der Waals surface area contributed by atoms with Gasteiger partial charge >= 0.3 is 6.09 Å². The molecule has 5 heteroatoms. The number of carbonyl (C=O) groups excluding carboxylic acids is 1. The summed E-state index contributed by atoms with van der Waals surface area (Å²) in [6.07, 6.45) is 5.26. The fourth-order valence-corrected chi connectivity index (χ4v) is 4.22. The zero-order valence-corrected chi connectivity index (χ0v) is 16.3. The molecule has 0 bridgehead atoms. The first kappa shape index (κ1) is 18.1. The number of aromatic nitrogens is 1. The molecule has 2 aromatic rings. The van der Waals surface area contributed by atoms with Crippen LogP contribution >= 0.6 is 11.6 Å². The Kier molecular flexibility index (Phi) is 5.17. The van der Waals surface area contributed by atoms with Crippen LogP contribution in [0.15, 0.2) is 42.1 Å². The largest absolute Gasteiger partial charge is 0.450 e. The van der Waals surface area contributed by atoms with Crippen molar-refractivity contribution in [1.29, 1.82) is 0 Å². The summed E-state index contributed by atoms with van der Waals surface area (Å²) >= 11 is 6.35. The maximum Gasteiger partial charge on any atom is 0.409 e. The normalized spacial score (nSPS) is 16.4. The maximum absolute atomic E-state index is 12.0. The van der Waals surface area contributed by atoms with Gasteiger partial charge in [0, 0.05) is 29.9 Å². The number of hydrogen-bond donors (Lipinski definition) is 0. The summed E-state index contributed by atoms with van der Waals surface area (Å²) in [6.45, 7) is 3.60. The standard InChI is InChI=1S/C22H23ClN2O2/c1-2-27-22(26)25-12-9-16(10-13-25)20-19-14-18(23)8-7-15(19)5-6-17-4-3-11-24-21(17)20/h3-4,7-8,11,14H,2,5-6,9-10,12-13H2,1H3. The number of pyridine rings is 1. The Bertz CT molecular complexity index is 897. The van der Waals surface area contributed by atoms with E-state index in [4.69, 9.17) is 21.3 Å². The number of likely N-dealkylation sites (tertiary alicyclic amines) is 1. The van der Waals surface area contributed by atoms with Gasteiger partial charge in [0.15, 0.2) is 0 Å². The Hall–Kier alpha value is -2.33. The minimum absolute atomic E-state index is 0.218. The topological polar surface area (TPSA) is 42.4 Å². The number of benzene rings is 1. The predicted molar refractivity (Wildman–Crippen MR) is 107 cm³/mol. The second kappa shape index (κ2) is 7.73. The smallest absolute Gasteiger partial charge is 0.409 e. The van der Waals surface area contributed by atoms with E-state index >= 15 is 0 Å². The predicted octanol–water partition coefficient (Wildman–Crippen LogP) is 4.89. The fraction of sp³-hybridized carbons (Fsp3) is 0.364. The maximum atomic E-state index is 12.0. The molecule has 1 aromatic carbocycles. The van der Waals surface area contributed by atoms with Gasteiger partial charge in [-0.15, -0.1) is 0 Å². The summed E-state index contributed by atoms with van der Waals surface area (Å²) in [7, 11) is 0. The van der Waals surface area contributed by atoms with Crippen LogP contribution in [0.25, 0.3) is 5.57 Å². The zero-order valence-electron chi connectivity index (χ0n) is 15.5. The van der Waals surface area contributed by atoms with Gasteiger partial charge in [0.25, 0.3) is 0 Å². The molecule has 0 N–H and O–H groups in total. The van der Waals surface area contributed by atoms with Crippen molar-refractivity contribution in [3.63, 3.8) is 0 Å². The van der Waals surface area contributed by atoms with Gasteiger partial charge in [0.1, 0.15) is 0 Å². The average molecular weight is 383 g/mol. The molecule has 1 saturated heterocycles. The van der Waals surface area contributed by atoms with Crippen molar-refractivity contribution in [3.05, 3.63) is 69.5 Å². The van der Waals surface area contributed by atoms with Crippen LogP contribution in [0.3, 0.4) is 0 Å². The van der Waals surface area contributed by atoms with E-state index in [1.165, 1.54) is 27.8 Å². The molecule has 1 aliphatic carbocycles. The highest BCUT2D eigenvalue weighted by Crippen LogP contribution is 2.38. The lowest BCUT2D eigenvalue weighted by atomic mass is 9.88. The molecule has 0 spiro atoms. The summed E-state index contributed by atoms with van der Waals surface area (Å²) in [5.74, 6) is 0. The molecule has 4 nitrogen and oxygen atoms in total. The summed E-state index contributed by atoms with van der Waals surface area (Å²) in [4.78, 5) is 18.6. The van der Waals surface area contributed by atoms with Crippen molar-refractivity contribution < 1.29 is 9.53 Å². The summed E-state index contributed by atoms with van der Waals surface area (Å²) in [5, 5.41) is 0.746. The minimum Gasteiger partial charge on any atom is -0.450 e. The molecule has 4 rings (SSSR count). The molecule has 140 valence electrons. The number of rotatable bonds is 1. The Morgan fingerprint density at radius 1 is 1.15 bits per heavy atom. The number of halogens is 1. The number of fused-ring (bicyclic) bond motifs is 2. The highest BCUT2D eigenvalue weighted by atomic mass is 35.5. The van der Waals surface area contributed by atoms with Gasteiger partial charge < -0.3 is 9.64 Å². The Morgan fingerprint density at radius 3 is 2.70 bits per heavy atom. The molecule has 0 saturated carbocycles. The zero-order chi connectivity index (χ0) is 18.8. The van der Waals surface area contributed by atoms with Crippen molar-refractivity contribution in [3.8, 4) is 0 Å². The first-order chi connectivity index (χ1) is 13.2. The minimum atomic E-state index is -0.218. The van der Waals surface area contributed by atoms with E-state index in [0.29, 0.717) is 19.7 Å². The lowest BCUT2D eigenvalue weighted by Gasteiger charge is -2.29. The lowest BCUT2D eigenvalue weighted by molar-refractivity contribution is 0.104. The molecule has 1 fully saturated rings. The molecular formula is C22H23ClN2O2. The third-order valence-electron chi connectivity index (χ3n) is 5.38. The SMILES string of the molecule is CCOC(=O)N1CCC(=C2c3cc(Cl)ccc3CCc3cccnc32)CC1. The second-order valence-electron chi connectivity index (χ2n) is 6.98. The van der Waals surface area contributed by atoms with Crippen LogP contribution < -0.4 is 0 Å². The molecule has 1 aromatic heterocycles. The quantitative estimate of drug-likeness (QED) is 0.705. The molecule has 2 heterocycles. The van der Waals surface area contributed by atoms with Gasteiger partial charge in [0.05, 0.1) is 12.3 Å². The second-order valence-corrected chi connectivity index (χ2v) is 7.41. The average Bonchev–Trinajstić information content (AvgIpc) is 2.85. The third-order valence-corrected chi connectivity index (χ3v) is 5.61. The van der Waals surface area contributed by atoms with Crippen molar-refractivity contribution in [1.82, 2.24) is 9.88 Å². The Balaban J connectivity index is 1.77. The van der Waals surface area contributed by atoms with Crippen LogP contribution in [0, 0.1) is 0 Å². The van der Waals surface area contributed by atoms with E-state index in [-0.39, 0.29) is 6.09 Å². The van der Waals surface area contributed by atoms with Gasteiger partial charge in [-0.1, -0.05) is 29.3 Å². The summed E-state index contributed by atoms with van der Waals surface area (Å²) in [5.41, 5.74) is 7.41. The van der Waals surface area contributed by atoms with Crippen LogP contribution in [0.2, 0.25) is 5.02 Å². The van der Waals surface area contributed by atoms with Crippen LogP contribution in [-0.4, -0.2) is 35.7 Å². The molecule has 0 atom stereocenters. The van der Waals surface area contributed by atoms with E-state index < -0.39 is 0 Å². The summed E-state index contributed by atoms with van der Waals surface area (Å²) < 4.78 is 5.15. The highest BCUT2D eigenvalue weighted by molar-refractivity contribution is 6.30. The summed E-state index contributed by atoms with van der Waals surface area (Å²) in [6, 6.07) is 10.4. The van der Waals surface area contributed by atoms with Crippen LogP contribution in [-0.2, 0) is 17.6 Å².